The minimum atomic E-state index is -0.512. The van der Waals surface area contributed by atoms with Gasteiger partial charge in [0.05, 0.1) is 10.2 Å². The average Bonchev–Trinajstić information content (AvgIpc) is 2.80. The van der Waals surface area contributed by atoms with Crippen LogP contribution in [-0.2, 0) is 11.2 Å². The minimum absolute atomic E-state index is 0.0750. The molecular weight excluding hydrogens is 438 g/mol. The molecule has 0 radical (unpaired) electrons. The molecule has 33 heavy (non-hydrogen) atoms. The SMILES string of the molecule is CCc1cccc(C)c1NC(=O)C(C)Sc1cccc(NC(=O)c2ccc([N+](=O)[O-])cc2)c1. The number of anilines is 2. The van der Waals surface area contributed by atoms with E-state index < -0.39 is 4.92 Å². The fourth-order valence-electron chi connectivity index (χ4n) is 3.27. The zero-order valence-corrected chi connectivity index (χ0v) is 19.4. The molecule has 0 spiro atoms. The summed E-state index contributed by atoms with van der Waals surface area (Å²) in [5.41, 5.74) is 3.79. The first-order chi connectivity index (χ1) is 15.8. The third-order valence-corrected chi connectivity index (χ3v) is 6.20. The predicted molar refractivity (Wildman–Crippen MR) is 132 cm³/mol. The van der Waals surface area contributed by atoms with Crippen LogP contribution in [0.4, 0.5) is 17.1 Å². The molecule has 0 bridgehead atoms. The first-order valence-electron chi connectivity index (χ1n) is 10.5. The van der Waals surface area contributed by atoms with Crippen LogP contribution in [0.2, 0.25) is 0 Å². The lowest BCUT2D eigenvalue weighted by Gasteiger charge is -2.16. The zero-order valence-electron chi connectivity index (χ0n) is 18.6. The third-order valence-electron chi connectivity index (χ3n) is 5.10. The molecule has 1 atom stereocenters. The Labute approximate surface area is 196 Å². The lowest BCUT2D eigenvalue weighted by atomic mass is 10.1. The lowest BCUT2D eigenvalue weighted by molar-refractivity contribution is -0.384. The summed E-state index contributed by atoms with van der Waals surface area (Å²) in [6.45, 7) is 5.87. The number of hydrogen-bond acceptors (Lipinski definition) is 5. The van der Waals surface area contributed by atoms with Crippen molar-refractivity contribution in [2.75, 3.05) is 10.6 Å². The number of nitrogens with zero attached hydrogens (tertiary/aromatic N) is 1. The van der Waals surface area contributed by atoms with Crippen molar-refractivity contribution in [1.29, 1.82) is 0 Å². The lowest BCUT2D eigenvalue weighted by Crippen LogP contribution is -2.23. The van der Waals surface area contributed by atoms with Crippen LogP contribution in [0.1, 0.15) is 35.3 Å². The summed E-state index contributed by atoms with van der Waals surface area (Å²) in [4.78, 5) is 36.4. The van der Waals surface area contributed by atoms with E-state index in [2.05, 4.69) is 17.6 Å². The monoisotopic (exact) mass is 463 g/mol. The second-order valence-corrected chi connectivity index (χ2v) is 8.91. The van der Waals surface area contributed by atoms with Crippen LogP contribution < -0.4 is 10.6 Å². The first-order valence-corrected chi connectivity index (χ1v) is 11.4. The minimum Gasteiger partial charge on any atom is -0.325 e. The number of aryl methyl sites for hydroxylation is 2. The Bertz CT molecular complexity index is 1180. The van der Waals surface area contributed by atoms with Gasteiger partial charge in [0.15, 0.2) is 0 Å². The van der Waals surface area contributed by atoms with Crippen molar-refractivity contribution in [3.05, 3.63) is 93.5 Å². The summed E-state index contributed by atoms with van der Waals surface area (Å²) in [5.74, 6) is -0.464. The van der Waals surface area contributed by atoms with Crippen LogP contribution in [-0.4, -0.2) is 22.0 Å². The number of carbonyl (C=O) groups is 2. The van der Waals surface area contributed by atoms with Crippen molar-refractivity contribution in [3.8, 4) is 0 Å². The van der Waals surface area contributed by atoms with Crippen molar-refractivity contribution >= 4 is 40.6 Å². The molecule has 8 heteroatoms. The Kier molecular flexibility index (Phi) is 7.84. The number of nitro benzene ring substituents is 1. The Hall–Kier alpha value is -3.65. The average molecular weight is 464 g/mol. The Morgan fingerprint density at radius 1 is 1.03 bits per heavy atom. The molecule has 7 nitrogen and oxygen atoms in total. The molecule has 0 fully saturated rings. The van der Waals surface area contributed by atoms with Crippen molar-refractivity contribution in [2.24, 2.45) is 0 Å². The number of thioether (sulfide) groups is 1. The molecule has 3 aromatic rings. The van der Waals surface area contributed by atoms with Gasteiger partial charge in [-0.15, -0.1) is 11.8 Å². The van der Waals surface area contributed by atoms with E-state index in [9.17, 15) is 19.7 Å². The largest absolute Gasteiger partial charge is 0.325 e. The number of benzene rings is 3. The summed E-state index contributed by atoms with van der Waals surface area (Å²) in [7, 11) is 0. The van der Waals surface area contributed by atoms with Crippen molar-refractivity contribution in [1.82, 2.24) is 0 Å². The summed E-state index contributed by atoms with van der Waals surface area (Å²) in [5, 5.41) is 16.3. The van der Waals surface area contributed by atoms with E-state index in [4.69, 9.17) is 0 Å². The standard InChI is InChI=1S/C25H25N3O4S/c1-4-18-8-5-7-16(2)23(18)27-24(29)17(3)33-22-10-6-9-20(15-22)26-25(30)19-11-13-21(14-12-19)28(31)32/h5-15,17H,4H2,1-3H3,(H,26,30)(H,27,29). The van der Waals surface area contributed by atoms with Gasteiger partial charge in [0.1, 0.15) is 0 Å². The Morgan fingerprint density at radius 2 is 1.73 bits per heavy atom. The van der Waals surface area contributed by atoms with E-state index in [1.165, 1.54) is 36.0 Å². The molecule has 170 valence electrons. The maximum absolute atomic E-state index is 12.8. The fraction of sp³-hybridized carbons (Fsp3) is 0.200. The van der Waals surface area contributed by atoms with Crippen LogP contribution in [0.5, 0.6) is 0 Å². The first kappa shape index (κ1) is 24.0. The van der Waals surface area contributed by atoms with Gasteiger partial charge in [-0.05, 0) is 61.7 Å². The topological polar surface area (TPSA) is 101 Å². The van der Waals surface area contributed by atoms with E-state index in [-0.39, 0.29) is 22.8 Å². The highest BCUT2D eigenvalue weighted by Crippen LogP contribution is 2.28. The smallest absolute Gasteiger partial charge is 0.269 e. The molecule has 0 aliphatic rings. The number of nitrogens with one attached hydrogen (secondary N) is 2. The van der Waals surface area contributed by atoms with Crippen LogP contribution >= 0.6 is 11.8 Å². The van der Waals surface area contributed by atoms with Crippen LogP contribution in [0.25, 0.3) is 0 Å². The molecule has 2 amide bonds. The molecule has 3 rings (SSSR count). The Balaban J connectivity index is 1.65. The quantitative estimate of drug-likeness (QED) is 0.248. The molecule has 0 saturated carbocycles. The highest BCUT2D eigenvalue weighted by molar-refractivity contribution is 8.00. The maximum atomic E-state index is 12.8. The zero-order chi connectivity index (χ0) is 24.0. The third kappa shape index (κ3) is 6.20. The van der Waals surface area contributed by atoms with E-state index >= 15 is 0 Å². The molecule has 0 aliphatic heterocycles. The molecule has 0 saturated heterocycles. The highest BCUT2D eigenvalue weighted by atomic mass is 32.2. The number of carbonyl (C=O) groups excluding carboxylic acids is 2. The molecule has 0 aliphatic carbocycles. The molecule has 2 N–H and O–H groups in total. The van der Waals surface area contributed by atoms with Gasteiger partial charge >= 0.3 is 0 Å². The van der Waals surface area contributed by atoms with Crippen molar-refractivity contribution < 1.29 is 14.5 Å². The maximum Gasteiger partial charge on any atom is 0.269 e. The van der Waals surface area contributed by atoms with Crippen molar-refractivity contribution in [3.63, 3.8) is 0 Å². The molecule has 0 aromatic heterocycles. The van der Waals surface area contributed by atoms with E-state index in [0.29, 0.717) is 11.3 Å². The van der Waals surface area contributed by atoms with Crippen LogP contribution in [0, 0.1) is 17.0 Å². The summed E-state index contributed by atoms with van der Waals surface area (Å²) in [6, 6.07) is 18.6. The number of hydrogen-bond donors (Lipinski definition) is 2. The number of rotatable bonds is 8. The Morgan fingerprint density at radius 3 is 2.39 bits per heavy atom. The number of amides is 2. The summed E-state index contributed by atoms with van der Waals surface area (Å²) >= 11 is 1.39. The number of nitro groups is 1. The second kappa shape index (κ2) is 10.8. The van der Waals surface area contributed by atoms with Crippen LogP contribution in [0.15, 0.2) is 71.6 Å². The van der Waals surface area contributed by atoms with E-state index in [0.717, 1.165) is 28.1 Å². The summed E-state index contributed by atoms with van der Waals surface area (Å²) < 4.78 is 0. The van der Waals surface area contributed by atoms with E-state index in [1.807, 2.05) is 38.1 Å². The molecule has 0 heterocycles. The molecular formula is C25H25N3O4S. The normalized spacial score (nSPS) is 11.5. The van der Waals surface area contributed by atoms with Gasteiger partial charge in [0, 0.05) is 34.0 Å². The van der Waals surface area contributed by atoms with Gasteiger partial charge in [-0.25, -0.2) is 0 Å². The van der Waals surface area contributed by atoms with Gasteiger partial charge in [0.2, 0.25) is 5.91 Å². The molecule has 3 aromatic carbocycles. The summed E-state index contributed by atoms with van der Waals surface area (Å²) in [6.07, 6.45) is 0.829. The van der Waals surface area contributed by atoms with Crippen LogP contribution in [0.3, 0.4) is 0 Å². The van der Waals surface area contributed by atoms with Gasteiger partial charge in [-0.3, -0.25) is 19.7 Å². The van der Waals surface area contributed by atoms with Gasteiger partial charge in [-0.2, -0.15) is 0 Å². The number of para-hydroxylation sites is 1. The predicted octanol–water partition coefficient (Wildman–Crippen LogP) is 5.84. The fourth-order valence-corrected chi connectivity index (χ4v) is 4.20. The second-order valence-electron chi connectivity index (χ2n) is 7.50. The highest BCUT2D eigenvalue weighted by Gasteiger charge is 2.17. The molecule has 1 unspecified atom stereocenters. The van der Waals surface area contributed by atoms with Gasteiger partial charge in [-0.1, -0.05) is 31.2 Å². The number of non-ortho nitro benzene ring substituents is 1. The van der Waals surface area contributed by atoms with Gasteiger partial charge < -0.3 is 10.6 Å². The van der Waals surface area contributed by atoms with Gasteiger partial charge in [0.25, 0.3) is 11.6 Å². The van der Waals surface area contributed by atoms with Crippen molar-refractivity contribution in [2.45, 2.75) is 37.3 Å². The van der Waals surface area contributed by atoms with E-state index in [1.54, 1.807) is 18.2 Å².